The van der Waals surface area contributed by atoms with Crippen molar-refractivity contribution in [2.45, 2.75) is 51.4 Å². The van der Waals surface area contributed by atoms with Crippen molar-refractivity contribution < 1.29 is 9.94 Å². The van der Waals surface area contributed by atoms with Gasteiger partial charge in [0.2, 0.25) is 0 Å². The molecular formula is C19H25NO2. The summed E-state index contributed by atoms with van der Waals surface area (Å²) in [4.78, 5) is 0. The Bertz CT molecular complexity index is 624. The first-order valence-corrected chi connectivity index (χ1v) is 8.55. The highest BCUT2D eigenvalue weighted by Gasteiger charge is 2.53. The monoisotopic (exact) mass is 299 g/mol. The average molecular weight is 299 g/mol. The standard InChI is InChI=1S/C19H25NO2/c1-19-10-9-15-14-6-4-13(22-2)11-12(14)3-5-16(15)17(19)7-8-18(19)20-21/h4,6,11,15-17,21H,3,5,7-10H2,1-2H3/b20-18-/t15-,16-,17+,19+/m1/s1. The highest BCUT2D eigenvalue weighted by atomic mass is 16.5. The molecule has 3 aliphatic rings. The van der Waals surface area contributed by atoms with E-state index in [0.29, 0.717) is 11.8 Å². The zero-order chi connectivity index (χ0) is 15.3. The van der Waals surface area contributed by atoms with Gasteiger partial charge in [-0.1, -0.05) is 18.1 Å². The lowest BCUT2D eigenvalue weighted by atomic mass is 9.55. The van der Waals surface area contributed by atoms with Crippen molar-refractivity contribution in [3.8, 4) is 5.75 Å². The van der Waals surface area contributed by atoms with Gasteiger partial charge in [0, 0.05) is 5.41 Å². The maximum absolute atomic E-state index is 9.36. The minimum Gasteiger partial charge on any atom is -0.497 e. The third kappa shape index (κ3) is 1.84. The highest BCUT2D eigenvalue weighted by molar-refractivity contribution is 5.92. The fourth-order valence-electron chi connectivity index (χ4n) is 5.64. The van der Waals surface area contributed by atoms with Crippen molar-refractivity contribution in [2.24, 2.45) is 22.4 Å². The third-order valence-electron chi connectivity index (χ3n) is 6.80. The molecule has 3 heteroatoms. The Hall–Kier alpha value is -1.51. The van der Waals surface area contributed by atoms with E-state index in [0.717, 1.165) is 36.6 Å². The summed E-state index contributed by atoms with van der Waals surface area (Å²) in [5.41, 5.74) is 4.23. The van der Waals surface area contributed by atoms with Gasteiger partial charge in [0.1, 0.15) is 5.75 Å². The van der Waals surface area contributed by atoms with E-state index in [2.05, 4.69) is 30.3 Å². The topological polar surface area (TPSA) is 41.8 Å². The summed E-state index contributed by atoms with van der Waals surface area (Å²) in [5, 5.41) is 13.0. The molecule has 4 atom stereocenters. The Balaban J connectivity index is 1.69. The number of benzene rings is 1. The number of fused-ring (bicyclic) bond motifs is 5. The molecule has 0 aliphatic heterocycles. The quantitative estimate of drug-likeness (QED) is 0.617. The number of ether oxygens (including phenoxy) is 1. The zero-order valence-corrected chi connectivity index (χ0v) is 13.5. The number of nitrogens with zero attached hydrogens (tertiary/aromatic N) is 1. The molecule has 0 unspecified atom stereocenters. The van der Waals surface area contributed by atoms with Gasteiger partial charge in [-0.15, -0.1) is 0 Å². The van der Waals surface area contributed by atoms with Crippen molar-refractivity contribution in [1.82, 2.24) is 0 Å². The van der Waals surface area contributed by atoms with E-state index < -0.39 is 0 Å². The van der Waals surface area contributed by atoms with Gasteiger partial charge in [0.15, 0.2) is 0 Å². The van der Waals surface area contributed by atoms with Gasteiger partial charge >= 0.3 is 0 Å². The number of hydrogen-bond donors (Lipinski definition) is 1. The van der Waals surface area contributed by atoms with Crippen LogP contribution in [0, 0.1) is 17.3 Å². The minimum absolute atomic E-state index is 0.139. The number of aryl methyl sites for hydroxylation is 1. The Morgan fingerprint density at radius 1 is 1.23 bits per heavy atom. The maximum Gasteiger partial charge on any atom is 0.119 e. The molecule has 0 saturated heterocycles. The number of methoxy groups -OCH3 is 1. The SMILES string of the molecule is COc1ccc2c(c1)CC[C@@H]1[C@@H]2CC[C@]2(C)/C(=N\O)CC[C@@H]12. The molecule has 4 rings (SSSR count). The molecule has 0 bridgehead atoms. The summed E-state index contributed by atoms with van der Waals surface area (Å²) in [6, 6.07) is 6.64. The third-order valence-corrected chi connectivity index (χ3v) is 6.80. The van der Waals surface area contributed by atoms with Crippen LogP contribution in [0.5, 0.6) is 5.75 Å². The van der Waals surface area contributed by atoms with Crippen LogP contribution in [-0.2, 0) is 6.42 Å². The molecule has 118 valence electrons. The molecular weight excluding hydrogens is 274 g/mol. The van der Waals surface area contributed by atoms with Crippen LogP contribution in [0.25, 0.3) is 0 Å². The van der Waals surface area contributed by atoms with Crippen LogP contribution in [0.1, 0.15) is 56.1 Å². The largest absolute Gasteiger partial charge is 0.497 e. The smallest absolute Gasteiger partial charge is 0.119 e. The van der Waals surface area contributed by atoms with Crippen LogP contribution in [0.2, 0.25) is 0 Å². The second-order valence-corrected chi connectivity index (χ2v) is 7.52. The maximum atomic E-state index is 9.36. The Morgan fingerprint density at radius 3 is 2.86 bits per heavy atom. The van der Waals surface area contributed by atoms with Crippen molar-refractivity contribution in [2.75, 3.05) is 7.11 Å². The van der Waals surface area contributed by atoms with Crippen molar-refractivity contribution >= 4 is 5.71 Å². The number of hydrogen-bond acceptors (Lipinski definition) is 3. The van der Waals surface area contributed by atoms with Gasteiger partial charge in [-0.05, 0) is 79.5 Å². The summed E-state index contributed by atoms with van der Waals surface area (Å²) < 4.78 is 5.39. The lowest BCUT2D eigenvalue weighted by Crippen LogP contribution is -2.42. The van der Waals surface area contributed by atoms with Gasteiger partial charge < -0.3 is 9.94 Å². The molecule has 0 aromatic heterocycles. The second kappa shape index (κ2) is 5.00. The van der Waals surface area contributed by atoms with E-state index in [-0.39, 0.29) is 5.41 Å². The second-order valence-electron chi connectivity index (χ2n) is 7.52. The van der Waals surface area contributed by atoms with Crippen LogP contribution in [-0.4, -0.2) is 18.0 Å². The fraction of sp³-hybridized carbons (Fsp3) is 0.632. The zero-order valence-electron chi connectivity index (χ0n) is 13.5. The summed E-state index contributed by atoms with van der Waals surface area (Å²) in [6.07, 6.45) is 6.98. The Kier molecular flexibility index (Phi) is 3.21. The molecule has 22 heavy (non-hydrogen) atoms. The van der Waals surface area contributed by atoms with Gasteiger partial charge in [-0.2, -0.15) is 0 Å². The number of rotatable bonds is 1. The molecule has 0 amide bonds. The summed E-state index contributed by atoms with van der Waals surface area (Å²) in [5.74, 6) is 3.10. The van der Waals surface area contributed by atoms with E-state index in [1.54, 1.807) is 12.7 Å². The van der Waals surface area contributed by atoms with E-state index in [1.165, 1.54) is 24.8 Å². The molecule has 0 radical (unpaired) electrons. The number of oxime groups is 1. The summed E-state index contributed by atoms with van der Waals surface area (Å²) in [7, 11) is 1.74. The lowest BCUT2D eigenvalue weighted by Gasteiger charge is -2.48. The van der Waals surface area contributed by atoms with Gasteiger partial charge in [-0.3, -0.25) is 0 Å². The highest BCUT2D eigenvalue weighted by Crippen LogP contribution is 2.59. The predicted octanol–water partition coefficient (Wildman–Crippen LogP) is 4.38. The van der Waals surface area contributed by atoms with Gasteiger partial charge in [0.25, 0.3) is 0 Å². The Labute approximate surface area is 132 Å². The predicted molar refractivity (Wildman–Crippen MR) is 86.8 cm³/mol. The first-order valence-electron chi connectivity index (χ1n) is 8.55. The first-order chi connectivity index (χ1) is 10.7. The van der Waals surface area contributed by atoms with Crippen LogP contribution >= 0.6 is 0 Å². The average Bonchev–Trinajstić information content (AvgIpc) is 2.90. The van der Waals surface area contributed by atoms with Crippen molar-refractivity contribution in [3.05, 3.63) is 29.3 Å². The van der Waals surface area contributed by atoms with E-state index in [4.69, 9.17) is 4.74 Å². The summed E-state index contributed by atoms with van der Waals surface area (Å²) in [6.45, 7) is 2.33. The molecule has 3 nitrogen and oxygen atoms in total. The molecule has 2 fully saturated rings. The van der Waals surface area contributed by atoms with Crippen LogP contribution in [0.4, 0.5) is 0 Å². The fourth-order valence-corrected chi connectivity index (χ4v) is 5.64. The molecule has 1 aromatic carbocycles. The van der Waals surface area contributed by atoms with Crippen LogP contribution in [0.3, 0.4) is 0 Å². The molecule has 0 spiro atoms. The van der Waals surface area contributed by atoms with E-state index in [1.807, 2.05) is 0 Å². The van der Waals surface area contributed by atoms with Crippen LogP contribution in [0.15, 0.2) is 23.4 Å². The van der Waals surface area contributed by atoms with Gasteiger partial charge in [-0.25, -0.2) is 0 Å². The molecule has 1 N–H and O–H groups in total. The van der Waals surface area contributed by atoms with Crippen molar-refractivity contribution in [3.63, 3.8) is 0 Å². The van der Waals surface area contributed by atoms with E-state index in [9.17, 15) is 5.21 Å². The molecule has 0 heterocycles. The summed E-state index contributed by atoms with van der Waals surface area (Å²) >= 11 is 0. The molecule has 1 aromatic rings. The minimum atomic E-state index is 0.139. The molecule has 2 saturated carbocycles. The van der Waals surface area contributed by atoms with E-state index >= 15 is 0 Å². The van der Waals surface area contributed by atoms with Crippen molar-refractivity contribution in [1.29, 1.82) is 0 Å². The van der Waals surface area contributed by atoms with Crippen LogP contribution < -0.4 is 4.74 Å². The molecule has 3 aliphatic carbocycles. The lowest BCUT2D eigenvalue weighted by molar-refractivity contribution is 0.0938. The van der Waals surface area contributed by atoms with Gasteiger partial charge in [0.05, 0.1) is 12.8 Å². The first kappa shape index (κ1) is 14.1. The Morgan fingerprint density at radius 2 is 2.09 bits per heavy atom. The normalized spacial score (nSPS) is 38.3.